The van der Waals surface area contributed by atoms with Crippen molar-refractivity contribution >= 4 is 36.2 Å². The molecule has 24 heavy (non-hydrogen) atoms. The van der Waals surface area contributed by atoms with E-state index in [1.807, 2.05) is 57.2 Å². The Bertz CT molecular complexity index is 656. The maximum Gasteiger partial charge on any atom is 1.00 e. The minimum atomic E-state index is -2.49. The zero-order valence-corrected chi connectivity index (χ0v) is 16.2. The number of benzene rings is 2. The second kappa shape index (κ2) is 9.73. The van der Waals surface area contributed by atoms with Gasteiger partial charge >= 0.3 is 26.6 Å². The molecular weight excluding hydrogens is 338 g/mol. The van der Waals surface area contributed by atoms with Crippen molar-refractivity contribution in [2.24, 2.45) is 0 Å². The topological polar surface area (TPSA) is 35.5 Å². The molecule has 0 aliphatic heterocycles. The van der Waals surface area contributed by atoms with Gasteiger partial charge in [-0.05, 0) is 44.5 Å². The van der Waals surface area contributed by atoms with Gasteiger partial charge in [-0.15, -0.1) is 0 Å². The van der Waals surface area contributed by atoms with Crippen molar-refractivity contribution in [3.8, 4) is 0 Å². The number of aldehydes is 1. The van der Waals surface area contributed by atoms with Gasteiger partial charge in [0.2, 0.25) is 0 Å². The zero-order valence-electron chi connectivity index (χ0n) is 15.6. The normalized spacial score (nSPS) is 11.0. The predicted molar refractivity (Wildman–Crippen MR) is 98.6 cm³/mol. The number of aryl methyl sites for hydroxylation is 1. The fourth-order valence-electron chi connectivity index (χ4n) is 2.53. The van der Waals surface area contributed by atoms with Crippen LogP contribution in [0, 0.1) is 6.92 Å². The summed E-state index contributed by atoms with van der Waals surface area (Å²) < 4.78 is 12.3. The predicted octanol–water partition coefficient (Wildman–Crippen LogP) is 1.45. The molecule has 0 atom stereocenters. The van der Waals surface area contributed by atoms with Crippen molar-refractivity contribution in [1.82, 2.24) is 0 Å². The molecule has 0 unspecified atom stereocenters. The van der Waals surface area contributed by atoms with Crippen molar-refractivity contribution < 1.29 is 34.1 Å². The number of hydrogen-bond acceptors (Lipinski definition) is 3. The van der Waals surface area contributed by atoms with Crippen molar-refractivity contribution in [3.63, 3.8) is 0 Å². The zero-order chi connectivity index (χ0) is 16.9. The molecule has 0 fully saturated rings. The third-order valence-electron chi connectivity index (χ3n) is 3.50. The van der Waals surface area contributed by atoms with Gasteiger partial charge in [0.15, 0.2) is 16.9 Å². The fraction of sp³-hybridized carbons (Fsp3) is 0.278. The molecule has 2 aromatic rings. The molecule has 0 radical (unpaired) electrons. The molecule has 0 bridgehead atoms. The Morgan fingerprint density at radius 2 is 1.67 bits per heavy atom. The summed E-state index contributed by atoms with van der Waals surface area (Å²) in [5.74, 6) is 0. The molecule has 3 nitrogen and oxygen atoms in total. The van der Waals surface area contributed by atoms with Gasteiger partial charge in [0, 0.05) is 11.6 Å². The number of carbonyl (C=O) groups is 1. The van der Waals surface area contributed by atoms with E-state index in [4.69, 9.17) is 20.6 Å². The van der Waals surface area contributed by atoms with Crippen LogP contribution in [0.15, 0.2) is 42.5 Å². The Morgan fingerprint density at radius 1 is 1.08 bits per heavy atom. The summed E-state index contributed by atoms with van der Waals surface area (Å²) in [5, 5.41) is 2.31. The number of halogens is 1. The van der Waals surface area contributed by atoms with E-state index in [1.54, 1.807) is 6.07 Å². The van der Waals surface area contributed by atoms with Gasteiger partial charge in [0.25, 0.3) is 0 Å². The monoisotopic (exact) mass is 359 g/mol. The number of rotatable bonds is 7. The average Bonchev–Trinajstić information content (AvgIpc) is 2.55. The van der Waals surface area contributed by atoms with Crippen LogP contribution in [0.3, 0.4) is 0 Å². The Balaban J connectivity index is 0.00000288. The molecule has 0 aromatic heterocycles. The first-order valence-electron chi connectivity index (χ1n) is 7.58. The van der Waals surface area contributed by atoms with E-state index in [0.717, 1.165) is 22.5 Å². The van der Waals surface area contributed by atoms with Crippen LogP contribution in [0.2, 0.25) is 5.02 Å². The van der Waals surface area contributed by atoms with E-state index in [9.17, 15) is 4.79 Å². The summed E-state index contributed by atoms with van der Waals surface area (Å²) in [6, 6.07) is 13.7. The maximum absolute atomic E-state index is 11.2. The summed E-state index contributed by atoms with van der Waals surface area (Å²) >= 11 is 6.30. The van der Waals surface area contributed by atoms with E-state index in [0.29, 0.717) is 23.8 Å². The van der Waals surface area contributed by atoms with Gasteiger partial charge < -0.3 is 1.43 Å². The van der Waals surface area contributed by atoms with Crippen LogP contribution in [0.1, 0.15) is 31.2 Å². The van der Waals surface area contributed by atoms with Gasteiger partial charge in [-0.3, -0.25) is 4.79 Å². The summed E-state index contributed by atoms with van der Waals surface area (Å²) in [4.78, 5) is 11.2. The number of hydrogen-bond donors (Lipinski definition) is 0. The molecule has 0 aliphatic rings. The first-order valence-corrected chi connectivity index (χ1v) is 9.59. The Morgan fingerprint density at radius 3 is 2.12 bits per heavy atom. The largest absolute Gasteiger partial charge is 1.00 e. The quantitative estimate of drug-likeness (QED) is 0.426. The molecule has 0 saturated heterocycles. The maximum atomic E-state index is 11.2. The minimum absolute atomic E-state index is 0. The fourth-order valence-corrected chi connectivity index (χ4v) is 5.84. The SMILES string of the molecule is CCO[P+](OCC)(c1ccccc1)c1cc(C)c(C=O)c(Cl)c1.[H-].[Li+]. The van der Waals surface area contributed by atoms with Crippen molar-refractivity contribution in [2.45, 2.75) is 20.8 Å². The third kappa shape index (κ3) is 4.30. The standard InChI is InChI=1S/C18H21ClO3P.Li.H/c1-4-21-23(22-5-2,15-9-7-6-8-10-15)16-11-14(3)17(13-20)18(19)12-16;;/h6-13H,4-5H2,1-3H3;;/q2*+1;-1. The van der Waals surface area contributed by atoms with Crippen LogP contribution in [0.25, 0.3) is 0 Å². The summed E-state index contributed by atoms with van der Waals surface area (Å²) in [7, 11) is -2.49. The molecule has 0 saturated carbocycles. The van der Waals surface area contributed by atoms with Crippen LogP contribution in [0.5, 0.6) is 0 Å². The van der Waals surface area contributed by atoms with E-state index < -0.39 is 7.72 Å². The van der Waals surface area contributed by atoms with Gasteiger partial charge in [-0.1, -0.05) is 29.8 Å². The van der Waals surface area contributed by atoms with Crippen molar-refractivity contribution in [1.29, 1.82) is 0 Å². The van der Waals surface area contributed by atoms with Crippen molar-refractivity contribution in [3.05, 3.63) is 58.6 Å². The molecule has 0 aliphatic carbocycles. The molecule has 124 valence electrons. The minimum Gasteiger partial charge on any atom is -1.00 e. The first-order chi connectivity index (χ1) is 11.1. The molecule has 0 amide bonds. The second-order valence-corrected chi connectivity index (χ2v) is 8.06. The Kier molecular flexibility index (Phi) is 8.67. The molecule has 2 rings (SSSR count). The van der Waals surface area contributed by atoms with Crippen LogP contribution in [-0.4, -0.2) is 19.5 Å². The van der Waals surface area contributed by atoms with Crippen LogP contribution in [-0.2, 0) is 9.05 Å². The van der Waals surface area contributed by atoms with E-state index in [1.165, 1.54) is 0 Å². The van der Waals surface area contributed by atoms with E-state index >= 15 is 0 Å². The van der Waals surface area contributed by atoms with Gasteiger partial charge in [0.1, 0.15) is 0 Å². The average molecular weight is 360 g/mol. The second-order valence-electron chi connectivity index (χ2n) is 5.00. The molecule has 0 heterocycles. The summed E-state index contributed by atoms with van der Waals surface area (Å²) in [6.45, 7) is 6.82. The number of carbonyl (C=O) groups excluding carboxylic acids is 1. The molecule has 6 heteroatoms. The smallest absolute Gasteiger partial charge is 1.00 e. The van der Waals surface area contributed by atoms with Crippen molar-refractivity contribution in [2.75, 3.05) is 13.2 Å². The molecule has 2 aromatic carbocycles. The van der Waals surface area contributed by atoms with Gasteiger partial charge in [-0.25, -0.2) is 0 Å². The van der Waals surface area contributed by atoms with Crippen LogP contribution < -0.4 is 29.5 Å². The third-order valence-corrected chi connectivity index (χ3v) is 6.97. The summed E-state index contributed by atoms with van der Waals surface area (Å²) in [5.41, 5.74) is 1.33. The van der Waals surface area contributed by atoms with Gasteiger partial charge in [0.05, 0.1) is 18.2 Å². The van der Waals surface area contributed by atoms with Crippen LogP contribution in [0.4, 0.5) is 0 Å². The Hall–Kier alpha value is -0.653. The van der Waals surface area contributed by atoms with Gasteiger partial charge in [-0.2, -0.15) is 9.05 Å². The first kappa shape index (κ1) is 21.4. The molecule has 0 N–H and O–H groups in total. The van der Waals surface area contributed by atoms with E-state index in [-0.39, 0.29) is 20.3 Å². The summed E-state index contributed by atoms with van der Waals surface area (Å²) in [6.07, 6.45) is 0.783. The molecular formula is C18H22ClLiO3P+. The molecule has 0 spiro atoms. The van der Waals surface area contributed by atoms with E-state index in [2.05, 4.69) is 0 Å². The Labute approximate surface area is 162 Å². The van der Waals surface area contributed by atoms with Crippen LogP contribution >= 0.6 is 19.3 Å².